The molecule has 1 aromatic carbocycles. The molecule has 0 amide bonds. The molecular formula is C16H18ClN3. The predicted molar refractivity (Wildman–Crippen MR) is 82.6 cm³/mol. The fraction of sp³-hybridized carbons (Fsp3) is 0.375. The van der Waals surface area contributed by atoms with E-state index in [1.807, 2.05) is 6.92 Å². The summed E-state index contributed by atoms with van der Waals surface area (Å²) < 4.78 is 0. The molecule has 0 fully saturated rings. The first kappa shape index (κ1) is 13.4. The summed E-state index contributed by atoms with van der Waals surface area (Å²) in [6, 6.07) is 8.69. The van der Waals surface area contributed by atoms with Crippen molar-refractivity contribution >= 4 is 17.4 Å². The Bertz CT molecular complexity index is 613. The zero-order valence-electron chi connectivity index (χ0n) is 11.9. The zero-order chi connectivity index (χ0) is 14.1. The molecule has 0 saturated carbocycles. The van der Waals surface area contributed by atoms with Crippen LogP contribution < -0.4 is 4.90 Å². The molecular weight excluding hydrogens is 270 g/mol. The number of nitrogens with zero attached hydrogens (tertiary/aromatic N) is 3. The van der Waals surface area contributed by atoms with E-state index in [1.165, 1.54) is 11.1 Å². The predicted octanol–water partition coefficient (Wildman–Crippen LogP) is 3.35. The normalized spacial score (nSPS) is 14.8. The Kier molecular flexibility index (Phi) is 3.62. The largest absolute Gasteiger partial charge is 0.354 e. The monoisotopic (exact) mass is 287 g/mol. The van der Waals surface area contributed by atoms with Crippen LogP contribution in [-0.2, 0) is 12.8 Å². The van der Waals surface area contributed by atoms with E-state index in [-0.39, 0.29) is 0 Å². The second-order valence-corrected chi connectivity index (χ2v) is 5.68. The van der Waals surface area contributed by atoms with Crippen molar-refractivity contribution in [1.82, 2.24) is 10.2 Å². The van der Waals surface area contributed by atoms with Crippen LogP contribution in [0.1, 0.15) is 22.3 Å². The summed E-state index contributed by atoms with van der Waals surface area (Å²) in [5.74, 6) is 0.972. The van der Waals surface area contributed by atoms with Gasteiger partial charge in [0.2, 0.25) is 0 Å². The van der Waals surface area contributed by atoms with Gasteiger partial charge in [-0.2, -0.15) is 0 Å². The second kappa shape index (κ2) is 5.41. The average Bonchev–Trinajstić information content (AvgIpc) is 2.68. The van der Waals surface area contributed by atoms with E-state index in [1.54, 1.807) is 0 Å². The molecule has 0 radical (unpaired) electrons. The lowest BCUT2D eigenvalue weighted by atomic mass is 10.0. The minimum Gasteiger partial charge on any atom is -0.354 e. The second-order valence-electron chi connectivity index (χ2n) is 5.32. The molecule has 0 unspecified atom stereocenters. The van der Waals surface area contributed by atoms with Crippen molar-refractivity contribution in [2.45, 2.75) is 26.7 Å². The van der Waals surface area contributed by atoms with Gasteiger partial charge in [-0.3, -0.25) is 0 Å². The van der Waals surface area contributed by atoms with Crippen molar-refractivity contribution < 1.29 is 0 Å². The molecule has 1 aliphatic heterocycles. The molecule has 0 atom stereocenters. The molecule has 4 heteroatoms. The number of fused-ring (bicyclic) bond motifs is 1. The van der Waals surface area contributed by atoms with Gasteiger partial charge in [-0.1, -0.05) is 35.9 Å². The molecule has 0 saturated heterocycles. The maximum Gasteiger partial charge on any atom is 0.155 e. The molecule has 3 nitrogen and oxygen atoms in total. The van der Waals surface area contributed by atoms with Gasteiger partial charge in [0, 0.05) is 13.1 Å². The van der Waals surface area contributed by atoms with Crippen molar-refractivity contribution in [2.75, 3.05) is 18.0 Å². The highest BCUT2D eigenvalue weighted by Crippen LogP contribution is 2.26. The van der Waals surface area contributed by atoms with E-state index in [2.05, 4.69) is 46.3 Å². The number of benzene rings is 1. The van der Waals surface area contributed by atoms with E-state index in [4.69, 9.17) is 11.6 Å². The fourth-order valence-corrected chi connectivity index (χ4v) is 2.92. The molecule has 2 aromatic rings. The Hall–Kier alpha value is -1.61. The Balaban J connectivity index is 1.89. The van der Waals surface area contributed by atoms with Gasteiger partial charge in [-0.05, 0) is 48.9 Å². The van der Waals surface area contributed by atoms with E-state index >= 15 is 0 Å². The lowest BCUT2D eigenvalue weighted by molar-refractivity contribution is 0.770. The zero-order valence-corrected chi connectivity index (χ0v) is 12.6. The Labute approximate surface area is 124 Å². The molecule has 1 aliphatic rings. The van der Waals surface area contributed by atoms with E-state index in [0.717, 1.165) is 42.9 Å². The summed E-state index contributed by atoms with van der Waals surface area (Å²) >= 11 is 6.04. The van der Waals surface area contributed by atoms with Gasteiger partial charge >= 0.3 is 0 Å². The highest BCUT2D eigenvalue weighted by atomic mass is 35.5. The SMILES string of the molecule is Cc1c(Cl)nnc(N2CCc3ccccc3CC2)c1C. The third kappa shape index (κ3) is 2.38. The van der Waals surface area contributed by atoms with Crippen LogP contribution in [0.5, 0.6) is 0 Å². The van der Waals surface area contributed by atoms with Crippen LogP contribution in [0.25, 0.3) is 0 Å². The summed E-state index contributed by atoms with van der Waals surface area (Å²) in [6.45, 7) is 6.03. The molecule has 0 spiro atoms. The summed E-state index contributed by atoms with van der Waals surface area (Å²) in [7, 11) is 0. The van der Waals surface area contributed by atoms with Crippen LogP contribution in [0.15, 0.2) is 24.3 Å². The molecule has 1 aromatic heterocycles. The van der Waals surface area contributed by atoms with Crippen molar-refractivity contribution in [1.29, 1.82) is 0 Å². The number of anilines is 1. The number of hydrogen-bond donors (Lipinski definition) is 0. The fourth-order valence-electron chi connectivity index (χ4n) is 2.74. The maximum absolute atomic E-state index is 6.04. The van der Waals surface area contributed by atoms with Crippen LogP contribution in [0, 0.1) is 13.8 Å². The topological polar surface area (TPSA) is 29.0 Å². The van der Waals surface area contributed by atoms with Crippen molar-refractivity contribution in [3.63, 3.8) is 0 Å². The third-order valence-corrected chi connectivity index (χ3v) is 4.52. The summed E-state index contributed by atoms with van der Waals surface area (Å²) in [4.78, 5) is 2.33. The van der Waals surface area contributed by atoms with Gasteiger partial charge in [-0.25, -0.2) is 0 Å². The molecule has 0 bridgehead atoms. The van der Waals surface area contributed by atoms with Gasteiger partial charge in [0.1, 0.15) is 0 Å². The van der Waals surface area contributed by atoms with Crippen LogP contribution in [0.2, 0.25) is 5.15 Å². The number of rotatable bonds is 1. The molecule has 20 heavy (non-hydrogen) atoms. The van der Waals surface area contributed by atoms with Crippen molar-refractivity contribution in [3.8, 4) is 0 Å². The van der Waals surface area contributed by atoms with E-state index < -0.39 is 0 Å². The van der Waals surface area contributed by atoms with Gasteiger partial charge in [0.25, 0.3) is 0 Å². The van der Waals surface area contributed by atoms with E-state index in [0.29, 0.717) is 5.15 Å². The average molecular weight is 288 g/mol. The standard InChI is InChI=1S/C16H18ClN3/c1-11-12(2)16(19-18-15(11)17)20-9-7-13-5-3-4-6-14(13)8-10-20/h3-6H,7-10H2,1-2H3. The summed E-state index contributed by atoms with van der Waals surface area (Å²) in [5.41, 5.74) is 5.06. The van der Waals surface area contributed by atoms with Crippen LogP contribution >= 0.6 is 11.6 Å². The summed E-state index contributed by atoms with van der Waals surface area (Å²) in [6.07, 6.45) is 2.11. The van der Waals surface area contributed by atoms with Crippen molar-refractivity contribution in [2.24, 2.45) is 0 Å². The minimum absolute atomic E-state index is 0.504. The van der Waals surface area contributed by atoms with Gasteiger partial charge < -0.3 is 4.90 Å². The Morgan fingerprint density at radius 2 is 1.55 bits per heavy atom. The first-order valence-electron chi connectivity index (χ1n) is 6.98. The number of aromatic nitrogens is 2. The highest BCUT2D eigenvalue weighted by Gasteiger charge is 2.18. The highest BCUT2D eigenvalue weighted by molar-refractivity contribution is 6.30. The lowest BCUT2D eigenvalue weighted by Crippen LogP contribution is -2.28. The Morgan fingerprint density at radius 3 is 2.15 bits per heavy atom. The van der Waals surface area contributed by atoms with E-state index in [9.17, 15) is 0 Å². The smallest absolute Gasteiger partial charge is 0.155 e. The maximum atomic E-state index is 6.04. The van der Waals surface area contributed by atoms with Crippen LogP contribution in [0.4, 0.5) is 5.82 Å². The lowest BCUT2D eigenvalue weighted by Gasteiger charge is -2.23. The third-order valence-electron chi connectivity index (χ3n) is 4.16. The molecule has 2 heterocycles. The quantitative estimate of drug-likeness (QED) is 0.805. The van der Waals surface area contributed by atoms with Gasteiger partial charge in [0.15, 0.2) is 11.0 Å². The molecule has 3 rings (SSSR count). The van der Waals surface area contributed by atoms with Gasteiger partial charge in [0.05, 0.1) is 0 Å². The number of hydrogen-bond acceptors (Lipinski definition) is 3. The Morgan fingerprint density at radius 1 is 0.950 bits per heavy atom. The number of halogens is 1. The van der Waals surface area contributed by atoms with Crippen LogP contribution in [0.3, 0.4) is 0 Å². The molecule has 0 aliphatic carbocycles. The first-order chi connectivity index (χ1) is 9.66. The minimum atomic E-state index is 0.504. The molecule has 0 N–H and O–H groups in total. The first-order valence-corrected chi connectivity index (χ1v) is 7.35. The summed E-state index contributed by atoms with van der Waals surface area (Å²) in [5, 5.41) is 8.88. The van der Waals surface area contributed by atoms with Crippen LogP contribution in [-0.4, -0.2) is 23.3 Å². The van der Waals surface area contributed by atoms with Crippen molar-refractivity contribution in [3.05, 3.63) is 51.7 Å². The molecule has 104 valence electrons. The van der Waals surface area contributed by atoms with Gasteiger partial charge in [-0.15, -0.1) is 10.2 Å².